The lowest BCUT2D eigenvalue weighted by Crippen LogP contribution is -2.34. The second kappa shape index (κ2) is 5.07. The van der Waals surface area contributed by atoms with Gasteiger partial charge in [0, 0.05) is 25.2 Å². The number of hydrogen-bond donors (Lipinski definition) is 1. The number of halogens is 1. The van der Waals surface area contributed by atoms with Crippen LogP contribution in [0, 0.1) is 0 Å². The lowest BCUT2D eigenvalue weighted by atomic mass is 10.1. The summed E-state index contributed by atoms with van der Waals surface area (Å²) in [6.07, 6.45) is 2.07. The fraction of sp³-hybridized carbons (Fsp3) is 0.462. The summed E-state index contributed by atoms with van der Waals surface area (Å²) in [5, 5.41) is 4.09. The van der Waals surface area contributed by atoms with Gasteiger partial charge in [-0.05, 0) is 36.1 Å². The highest BCUT2D eigenvalue weighted by molar-refractivity contribution is 6.30. The van der Waals surface area contributed by atoms with Crippen molar-refractivity contribution in [3.05, 3.63) is 34.3 Å². The molecular weight excluding hydrogens is 236 g/mol. The Bertz CT molecular complexity index is 431. The topological polar surface area (TPSA) is 32.3 Å². The first-order chi connectivity index (χ1) is 8.08. The van der Waals surface area contributed by atoms with E-state index in [9.17, 15) is 4.79 Å². The Labute approximate surface area is 107 Å². The Balaban J connectivity index is 2.00. The van der Waals surface area contributed by atoms with E-state index in [1.165, 1.54) is 11.1 Å². The van der Waals surface area contributed by atoms with Crippen LogP contribution in [0.1, 0.15) is 23.6 Å². The molecule has 0 fully saturated rings. The first-order valence-electron chi connectivity index (χ1n) is 5.80. The van der Waals surface area contributed by atoms with Gasteiger partial charge in [0.25, 0.3) is 0 Å². The number of nitrogens with zero attached hydrogens (tertiary/aromatic N) is 1. The van der Waals surface area contributed by atoms with Crippen molar-refractivity contribution in [2.24, 2.45) is 0 Å². The van der Waals surface area contributed by atoms with Gasteiger partial charge in [0.05, 0.1) is 6.54 Å². The molecule has 2 rings (SSSR count). The standard InChI is InChI=1S/C13H17ClN2O/c1-16(2)13(17)8-15-12-6-3-9-7-10(14)4-5-11(9)12/h4-5,7,12,15H,3,6,8H2,1-2H3. The predicted molar refractivity (Wildman–Crippen MR) is 69.2 cm³/mol. The van der Waals surface area contributed by atoms with Crippen LogP contribution in [0.25, 0.3) is 0 Å². The number of amides is 1. The molecule has 1 atom stereocenters. The molecule has 92 valence electrons. The molecule has 3 nitrogen and oxygen atoms in total. The summed E-state index contributed by atoms with van der Waals surface area (Å²) >= 11 is 5.96. The molecule has 17 heavy (non-hydrogen) atoms. The average Bonchev–Trinajstić information content (AvgIpc) is 2.67. The monoisotopic (exact) mass is 252 g/mol. The number of likely N-dealkylation sites (N-methyl/N-ethyl adjacent to an activating group) is 1. The molecule has 1 aromatic carbocycles. The van der Waals surface area contributed by atoms with Crippen molar-refractivity contribution in [1.29, 1.82) is 0 Å². The van der Waals surface area contributed by atoms with E-state index < -0.39 is 0 Å². The third-order valence-electron chi connectivity index (χ3n) is 3.18. The maximum Gasteiger partial charge on any atom is 0.236 e. The van der Waals surface area contributed by atoms with Crippen LogP contribution in [0.4, 0.5) is 0 Å². The quantitative estimate of drug-likeness (QED) is 0.893. The predicted octanol–water partition coefficient (Wildman–Crippen LogP) is 2.01. The number of carbonyl (C=O) groups is 1. The second-order valence-electron chi connectivity index (χ2n) is 4.60. The van der Waals surface area contributed by atoms with Gasteiger partial charge in [0.2, 0.25) is 5.91 Å². The zero-order valence-electron chi connectivity index (χ0n) is 10.2. The molecule has 0 spiro atoms. The molecule has 4 heteroatoms. The molecule has 0 saturated carbocycles. The van der Waals surface area contributed by atoms with Crippen molar-refractivity contribution < 1.29 is 4.79 Å². The number of nitrogens with one attached hydrogen (secondary N) is 1. The van der Waals surface area contributed by atoms with Gasteiger partial charge in [-0.2, -0.15) is 0 Å². The first kappa shape index (κ1) is 12.4. The largest absolute Gasteiger partial charge is 0.348 e. The van der Waals surface area contributed by atoms with Crippen molar-refractivity contribution in [2.45, 2.75) is 18.9 Å². The minimum absolute atomic E-state index is 0.104. The number of hydrogen-bond acceptors (Lipinski definition) is 2. The average molecular weight is 253 g/mol. The van der Waals surface area contributed by atoms with Gasteiger partial charge >= 0.3 is 0 Å². The third kappa shape index (κ3) is 2.79. The number of rotatable bonds is 3. The van der Waals surface area contributed by atoms with Gasteiger partial charge in [-0.15, -0.1) is 0 Å². The summed E-state index contributed by atoms with van der Waals surface area (Å²) in [5.74, 6) is 0.104. The van der Waals surface area contributed by atoms with Gasteiger partial charge in [0.1, 0.15) is 0 Å². The molecule has 1 unspecified atom stereocenters. The highest BCUT2D eigenvalue weighted by Gasteiger charge is 2.22. The zero-order valence-corrected chi connectivity index (χ0v) is 10.9. The maximum atomic E-state index is 11.5. The number of carbonyl (C=O) groups excluding carboxylic acids is 1. The van der Waals surface area contributed by atoms with E-state index in [2.05, 4.69) is 11.4 Å². The van der Waals surface area contributed by atoms with Crippen LogP contribution in [-0.2, 0) is 11.2 Å². The molecule has 0 saturated heterocycles. The van der Waals surface area contributed by atoms with Gasteiger partial charge in [0.15, 0.2) is 0 Å². The van der Waals surface area contributed by atoms with E-state index in [0.717, 1.165) is 17.9 Å². The van der Waals surface area contributed by atoms with Crippen LogP contribution in [0.5, 0.6) is 0 Å². The minimum atomic E-state index is 0.104. The molecule has 1 aliphatic carbocycles. The SMILES string of the molecule is CN(C)C(=O)CNC1CCc2cc(Cl)ccc21. The molecule has 1 N–H and O–H groups in total. The molecule has 1 aliphatic rings. The molecule has 0 aliphatic heterocycles. The number of aryl methyl sites for hydroxylation is 1. The van der Waals surface area contributed by atoms with Crippen molar-refractivity contribution in [3.63, 3.8) is 0 Å². The molecule has 0 radical (unpaired) electrons. The minimum Gasteiger partial charge on any atom is -0.348 e. The summed E-state index contributed by atoms with van der Waals surface area (Å²) in [6.45, 7) is 0.389. The van der Waals surface area contributed by atoms with Gasteiger partial charge in [-0.3, -0.25) is 4.79 Å². The summed E-state index contributed by atoms with van der Waals surface area (Å²) in [7, 11) is 3.54. The van der Waals surface area contributed by atoms with Crippen molar-refractivity contribution >= 4 is 17.5 Å². The fourth-order valence-electron chi connectivity index (χ4n) is 2.17. The maximum absolute atomic E-state index is 11.5. The van der Waals surface area contributed by atoms with E-state index >= 15 is 0 Å². The molecular formula is C13H17ClN2O. The first-order valence-corrected chi connectivity index (χ1v) is 6.17. The van der Waals surface area contributed by atoms with Crippen LogP contribution in [0.3, 0.4) is 0 Å². The smallest absolute Gasteiger partial charge is 0.236 e. The van der Waals surface area contributed by atoms with E-state index in [-0.39, 0.29) is 11.9 Å². The third-order valence-corrected chi connectivity index (χ3v) is 3.42. The highest BCUT2D eigenvalue weighted by Crippen LogP contribution is 2.32. The highest BCUT2D eigenvalue weighted by atomic mass is 35.5. The Hall–Kier alpha value is -1.06. The Kier molecular flexibility index (Phi) is 3.69. The van der Waals surface area contributed by atoms with Crippen LogP contribution >= 0.6 is 11.6 Å². The lowest BCUT2D eigenvalue weighted by molar-refractivity contribution is -0.127. The van der Waals surface area contributed by atoms with Gasteiger partial charge < -0.3 is 10.2 Å². The summed E-state index contributed by atoms with van der Waals surface area (Å²) in [5.41, 5.74) is 2.58. The van der Waals surface area contributed by atoms with Crippen molar-refractivity contribution in [2.75, 3.05) is 20.6 Å². The molecule has 0 bridgehead atoms. The van der Waals surface area contributed by atoms with Crippen LogP contribution in [0.2, 0.25) is 5.02 Å². The molecule has 1 aromatic rings. The van der Waals surface area contributed by atoms with Crippen molar-refractivity contribution in [3.8, 4) is 0 Å². The van der Waals surface area contributed by atoms with Crippen molar-refractivity contribution in [1.82, 2.24) is 10.2 Å². The fourth-order valence-corrected chi connectivity index (χ4v) is 2.36. The Morgan fingerprint density at radius 2 is 2.29 bits per heavy atom. The second-order valence-corrected chi connectivity index (χ2v) is 5.04. The van der Waals surface area contributed by atoms with Crippen LogP contribution in [-0.4, -0.2) is 31.4 Å². The van der Waals surface area contributed by atoms with Gasteiger partial charge in [-0.25, -0.2) is 0 Å². The summed E-state index contributed by atoms with van der Waals surface area (Å²) < 4.78 is 0. The Morgan fingerprint density at radius 1 is 1.53 bits per heavy atom. The number of benzene rings is 1. The molecule has 0 aromatic heterocycles. The summed E-state index contributed by atoms with van der Waals surface area (Å²) in [6, 6.07) is 6.27. The normalized spacial score (nSPS) is 17.9. The lowest BCUT2D eigenvalue weighted by Gasteiger charge is -2.16. The summed E-state index contributed by atoms with van der Waals surface area (Å²) in [4.78, 5) is 13.1. The van der Waals surface area contributed by atoms with E-state index in [4.69, 9.17) is 11.6 Å². The molecule has 1 amide bonds. The van der Waals surface area contributed by atoms with Crippen LogP contribution < -0.4 is 5.32 Å². The van der Waals surface area contributed by atoms with E-state index in [0.29, 0.717) is 6.54 Å². The number of fused-ring (bicyclic) bond motifs is 1. The van der Waals surface area contributed by atoms with Gasteiger partial charge in [-0.1, -0.05) is 17.7 Å². The zero-order chi connectivity index (χ0) is 12.4. The Morgan fingerprint density at radius 3 is 3.00 bits per heavy atom. The van der Waals surface area contributed by atoms with E-state index in [1.54, 1.807) is 19.0 Å². The van der Waals surface area contributed by atoms with E-state index in [1.807, 2.05) is 12.1 Å². The molecule has 0 heterocycles. The van der Waals surface area contributed by atoms with Crippen LogP contribution in [0.15, 0.2) is 18.2 Å².